The van der Waals surface area contributed by atoms with Crippen molar-refractivity contribution in [1.29, 1.82) is 0 Å². The molecule has 2 rings (SSSR count). The summed E-state index contributed by atoms with van der Waals surface area (Å²) in [5.41, 5.74) is 2.20. The first kappa shape index (κ1) is 28.2. The van der Waals surface area contributed by atoms with Gasteiger partial charge >= 0.3 is 0 Å². The number of carbonyl (C=O) groups excluding carboxylic acids is 1. The van der Waals surface area contributed by atoms with E-state index in [1.807, 2.05) is 30.5 Å². The second-order valence-electron chi connectivity index (χ2n) is 7.01. The quantitative estimate of drug-likeness (QED) is 0.146. The van der Waals surface area contributed by atoms with E-state index in [0.717, 1.165) is 47.1 Å². The molecule has 1 amide bonds. The number of guanidine groups is 1. The molecule has 7 nitrogen and oxygen atoms in total. The van der Waals surface area contributed by atoms with Gasteiger partial charge in [0.15, 0.2) is 5.96 Å². The van der Waals surface area contributed by atoms with Gasteiger partial charge in [0.1, 0.15) is 5.75 Å². The summed E-state index contributed by atoms with van der Waals surface area (Å²) >= 11 is 1.45. The van der Waals surface area contributed by atoms with Crippen LogP contribution >= 0.6 is 35.3 Å². The number of halogens is 1. The summed E-state index contributed by atoms with van der Waals surface area (Å²) in [7, 11) is 1.69. The number of amides is 1. The monoisotopic (exact) mass is 574 g/mol. The number of hydrogen-bond acceptors (Lipinski definition) is 5. The zero-order valence-electron chi connectivity index (χ0n) is 19.1. The molecule has 0 saturated carbocycles. The molecule has 1 aromatic heterocycles. The van der Waals surface area contributed by atoms with Crippen LogP contribution in [0.25, 0.3) is 0 Å². The number of thiophene rings is 1. The Kier molecular flexibility index (Phi) is 14.7. The first-order chi connectivity index (χ1) is 15.1. The van der Waals surface area contributed by atoms with Gasteiger partial charge in [0.2, 0.25) is 0 Å². The number of aryl methyl sites for hydroxylation is 1. The van der Waals surface area contributed by atoms with Crippen LogP contribution in [-0.2, 0) is 11.3 Å². The predicted molar refractivity (Wildman–Crippen MR) is 143 cm³/mol. The summed E-state index contributed by atoms with van der Waals surface area (Å²) in [6, 6.07) is 9.89. The highest BCUT2D eigenvalue weighted by molar-refractivity contribution is 14.0. The van der Waals surface area contributed by atoms with Crippen LogP contribution in [0.1, 0.15) is 40.6 Å². The van der Waals surface area contributed by atoms with Gasteiger partial charge in [0.05, 0.1) is 18.0 Å². The number of aliphatic imine (C=N–C) groups is 1. The van der Waals surface area contributed by atoms with E-state index in [-0.39, 0.29) is 29.9 Å². The minimum atomic E-state index is -0.0204. The zero-order valence-corrected chi connectivity index (χ0v) is 22.3. The highest BCUT2D eigenvalue weighted by Crippen LogP contribution is 2.21. The van der Waals surface area contributed by atoms with Crippen LogP contribution in [0.5, 0.6) is 5.75 Å². The van der Waals surface area contributed by atoms with E-state index in [1.54, 1.807) is 7.11 Å². The van der Waals surface area contributed by atoms with E-state index >= 15 is 0 Å². The average molecular weight is 575 g/mol. The molecule has 32 heavy (non-hydrogen) atoms. The molecule has 2 aromatic rings. The molecule has 0 bridgehead atoms. The molecule has 1 heterocycles. The van der Waals surface area contributed by atoms with Gasteiger partial charge in [-0.3, -0.25) is 4.79 Å². The highest BCUT2D eigenvalue weighted by Gasteiger charge is 2.07. The Morgan fingerprint density at radius 3 is 2.62 bits per heavy atom. The molecule has 1 aromatic carbocycles. The molecule has 3 N–H and O–H groups in total. The van der Waals surface area contributed by atoms with Crippen LogP contribution < -0.4 is 20.7 Å². The van der Waals surface area contributed by atoms with Crippen molar-refractivity contribution < 1.29 is 14.3 Å². The first-order valence-electron chi connectivity index (χ1n) is 10.7. The third-order valence-corrected chi connectivity index (χ3v) is 5.27. The summed E-state index contributed by atoms with van der Waals surface area (Å²) in [4.78, 5) is 17.4. The molecule has 0 aliphatic heterocycles. The van der Waals surface area contributed by atoms with Crippen LogP contribution in [0.2, 0.25) is 0 Å². The Bertz CT molecular complexity index is 816. The minimum Gasteiger partial charge on any atom is -0.493 e. The van der Waals surface area contributed by atoms with Gasteiger partial charge in [-0.25, -0.2) is 4.99 Å². The Morgan fingerprint density at radius 1 is 1.09 bits per heavy atom. The van der Waals surface area contributed by atoms with Crippen molar-refractivity contribution in [2.45, 2.75) is 33.2 Å². The van der Waals surface area contributed by atoms with Gasteiger partial charge in [-0.15, -0.1) is 35.3 Å². The fourth-order valence-electron chi connectivity index (χ4n) is 2.81. The van der Waals surface area contributed by atoms with E-state index in [2.05, 4.69) is 35.0 Å². The van der Waals surface area contributed by atoms with E-state index in [1.165, 1.54) is 11.3 Å². The van der Waals surface area contributed by atoms with E-state index in [9.17, 15) is 4.79 Å². The van der Waals surface area contributed by atoms with E-state index in [0.29, 0.717) is 32.8 Å². The Morgan fingerprint density at radius 2 is 1.91 bits per heavy atom. The maximum Gasteiger partial charge on any atom is 0.261 e. The summed E-state index contributed by atoms with van der Waals surface area (Å²) in [6.07, 6.45) is 1.65. The minimum absolute atomic E-state index is 0. The smallest absolute Gasteiger partial charge is 0.261 e. The van der Waals surface area contributed by atoms with Gasteiger partial charge < -0.3 is 25.4 Å². The Balaban J connectivity index is 0.00000512. The fraction of sp³-hybridized carbons (Fsp3) is 0.478. The third-order valence-electron chi connectivity index (χ3n) is 4.40. The van der Waals surface area contributed by atoms with Crippen LogP contribution in [-0.4, -0.2) is 51.8 Å². The molecule has 178 valence electrons. The lowest BCUT2D eigenvalue weighted by Gasteiger charge is -2.14. The molecule has 0 aliphatic carbocycles. The molecule has 0 aliphatic rings. The standard InChI is InChI=1S/C23H34N4O3S.HI/c1-4-24-23(26-12-6-11-25-22(28)21-8-5-15-31-21)27-17-19-10-9-18(2)16-20(19)30-14-7-13-29-3;/h5,8-10,15-16H,4,6-7,11-14,17H2,1-3H3,(H,25,28)(H2,24,26,27);1H. The SMILES string of the molecule is CCNC(=NCc1ccc(C)cc1OCCCOC)NCCCNC(=O)c1cccs1.I. The highest BCUT2D eigenvalue weighted by atomic mass is 127. The number of ether oxygens (including phenoxy) is 2. The van der Waals surface area contributed by atoms with Gasteiger partial charge in [-0.1, -0.05) is 18.2 Å². The van der Waals surface area contributed by atoms with Crippen molar-refractivity contribution in [3.63, 3.8) is 0 Å². The van der Waals surface area contributed by atoms with Crippen molar-refractivity contribution >= 4 is 47.2 Å². The number of benzene rings is 1. The third kappa shape index (κ3) is 10.6. The number of hydrogen-bond donors (Lipinski definition) is 3. The van der Waals surface area contributed by atoms with Crippen molar-refractivity contribution in [2.75, 3.05) is 40.0 Å². The number of nitrogens with zero attached hydrogens (tertiary/aromatic N) is 1. The van der Waals surface area contributed by atoms with Crippen molar-refractivity contribution in [3.8, 4) is 5.75 Å². The predicted octanol–water partition coefficient (Wildman–Crippen LogP) is 3.97. The summed E-state index contributed by atoms with van der Waals surface area (Å²) < 4.78 is 11.0. The second-order valence-corrected chi connectivity index (χ2v) is 7.96. The lowest BCUT2D eigenvalue weighted by atomic mass is 10.1. The molecule has 0 spiro atoms. The lowest BCUT2D eigenvalue weighted by molar-refractivity contribution is 0.0957. The molecule has 0 unspecified atom stereocenters. The Labute approximate surface area is 212 Å². The Hall–Kier alpha value is -1.85. The lowest BCUT2D eigenvalue weighted by Crippen LogP contribution is -2.38. The second kappa shape index (κ2) is 16.7. The normalized spacial score (nSPS) is 10.9. The zero-order chi connectivity index (χ0) is 22.3. The number of methoxy groups -OCH3 is 1. The number of rotatable bonds is 13. The van der Waals surface area contributed by atoms with Crippen LogP contribution in [0.4, 0.5) is 0 Å². The van der Waals surface area contributed by atoms with Crippen molar-refractivity contribution in [1.82, 2.24) is 16.0 Å². The molecular weight excluding hydrogens is 539 g/mol. The van der Waals surface area contributed by atoms with Gasteiger partial charge in [-0.05, 0) is 43.3 Å². The van der Waals surface area contributed by atoms with Crippen molar-refractivity contribution in [3.05, 3.63) is 51.7 Å². The fourth-order valence-corrected chi connectivity index (χ4v) is 3.45. The average Bonchev–Trinajstić information content (AvgIpc) is 3.30. The van der Waals surface area contributed by atoms with Crippen LogP contribution in [0.3, 0.4) is 0 Å². The first-order valence-corrected chi connectivity index (χ1v) is 11.6. The molecular formula is C23H35IN4O3S. The molecule has 0 fully saturated rings. The van der Waals surface area contributed by atoms with Crippen LogP contribution in [0, 0.1) is 6.92 Å². The topological polar surface area (TPSA) is 84.0 Å². The molecule has 0 radical (unpaired) electrons. The largest absolute Gasteiger partial charge is 0.493 e. The number of nitrogens with one attached hydrogen (secondary N) is 3. The van der Waals surface area contributed by atoms with Crippen molar-refractivity contribution in [2.24, 2.45) is 4.99 Å². The van der Waals surface area contributed by atoms with Gasteiger partial charge in [0, 0.05) is 45.3 Å². The van der Waals surface area contributed by atoms with Crippen LogP contribution in [0.15, 0.2) is 40.7 Å². The molecule has 0 atom stereocenters. The summed E-state index contributed by atoms with van der Waals surface area (Å²) in [5.74, 6) is 1.60. The molecule has 9 heteroatoms. The maximum absolute atomic E-state index is 12.0. The van der Waals surface area contributed by atoms with E-state index < -0.39 is 0 Å². The molecule has 0 saturated heterocycles. The number of carbonyl (C=O) groups is 1. The van der Waals surface area contributed by atoms with E-state index in [4.69, 9.17) is 14.5 Å². The maximum atomic E-state index is 12.0. The van der Waals surface area contributed by atoms with Gasteiger partial charge in [0.25, 0.3) is 5.91 Å². The van der Waals surface area contributed by atoms with Gasteiger partial charge in [-0.2, -0.15) is 0 Å². The summed E-state index contributed by atoms with van der Waals surface area (Å²) in [6.45, 7) is 8.00. The summed E-state index contributed by atoms with van der Waals surface area (Å²) in [5, 5.41) is 11.4.